The molecule has 0 unspecified atom stereocenters. The summed E-state index contributed by atoms with van der Waals surface area (Å²) in [4.78, 5) is 1.79. The van der Waals surface area contributed by atoms with Crippen LogP contribution in [0.4, 0.5) is 25.1 Å². The van der Waals surface area contributed by atoms with E-state index in [9.17, 15) is 19.4 Å². The van der Waals surface area contributed by atoms with Crippen LogP contribution in [0.15, 0.2) is 52.4 Å². The zero-order chi connectivity index (χ0) is 22.4. The lowest BCUT2D eigenvalue weighted by Gasteiger charge is -2.41. The number of aliphatic imine (C=N–C) groups is 1. The van der Waals surface area contributed by atoms with Crippen molar-refractivity contribution in [1.29, 1.82) is 0 Å². The van der Waals surface area contributed by atoms with Crippen LogP contribution < -0.4 is 4.43 Å². The fourth-order valence-corrected chi connectivity index (χ4v) is 4.39. The summed E-state index contributed by atoms with van der Waals surface area (Å²) in [5, 5.41) is 0. The lowest BCUT2D eigenvalue weighted by atomic mass is 9.85. The number of hydrogen-bond donors (Lipinski definition) is 0. The van der Waals surface area contributed by atoms with Crippen molar-refractivity contribution in [2.24, 2.45) is 4.99 Å². The zero-order valence-electron chi connectivity index (χ0n) is 17.3. The van der Waals surface area contributed by atoms with Gasteiger partial charge in [0.25, 0.3) is 0 Å². The maximum absolute atomic E-state index is 13.4. The molecule has 0 amide bonds. The molecule has 0 aliphatic carbocycles. The highest BCUT2D eigenvalue weighted by molar-refractivity contribution is 8.45. The summed E-state index contributed by atoms with van der Waals surface area (Å²) in [5.74, 6) is 0.521. The van der Waals surface area contributed by atoms with Gasteiger partial charge in [0.05, 0.1) is 5.69 Å². The van der Waals surface area contributed by atoms with Crippen molar-refractivity contribution in [2.75, 3.05) is 0 Å². The Hall–Kier alpha value is -1.87. The molecule has 162 valence electrons. The SMILES string of the molecule is CC(C)(C)c1cccc(C=Nc2ccccc2S(F)(F)(F)(F)F)c1O[Si](C)(C)C. The van der Waals surface area contributed by atoms with Crippen LogP contribution in [-0.4, -0.2) is 14.5 Å². The Kier molecular flexibility index (Phi) is 5.30. The molecular weight excluding hydrogens is 425 g/mol. The van der Waals surface area contributed by atoms with Crippen molar-refractivity contribution in [1.82, 2.24) is 0 Å². The maximum atomic E-state index is 13.4. The van der Waals surface area contributed by atoms with E-state index in [-0.39, 0.29) is 5.41 Å². The van der Waals surface area contributed by atoms with Crippen LogP contribution in [0.5, 0.6) is 5.75 Å². The molecule has 0 N–H and O–H groups in total. The number of rotatable bonds is 5. The Morgan fingerprint density at radius 2 is 1.48 bits per heavy atom. The van der Waals surface area contributed by atoms with E-state index in [0.29, 0.717) is 17.4 Å². The standard InChI is InChI=1S/C20H26F5NOSSi/c1-20(2,3)16-11-9-10-15(19(16)27-29(4,5)6)14-26-17-12-7-8-13-18(17)28(21,22,23,24)25/h7-14H,1-6H3. The molecule has 0 aromatic heterocycles. The number of nitrogens with zero attached hydrogens (tertiary/aromatic N) is 1. The van der Waals surface area contributed by atoms with E-state index in [1.807, 2.05) is 46.5 Å². The smallest absolute Gasteiger partial charge is 0.312 e. The van der Waals surface area contributed by atoms with Crippen molar-refractivity contribution >= 4 is 30.4 Å². The first kappa shape index (κ1) is 23.4. The topological polar surface area (TPSA) is 21.6 Å². The lowest BCUT2D eigenvalue weighted by molar-refractivity contribution is 0.364. The van der Waals surface area contributed by atoms with E-state index in [1.54, 1.807) is 12.1 Å². The van der Waals surface area contributed by atoms with Crippen molar-refractivity contribution in [3.05, 3.63) is 53.6 Å². The second-order valence-electron chi connectivity index (χ2n) is 8.88. The van der Waals surface area contributed by atoms with Gasteiger partial charge in [-0.15, -0.1) is 0 Å². The third kappa shape index (κ3) is 6.30. The molecule has 0 saturated heterocycles. The van der Waals surface area contributed by atoms with E-state index in [0.717, 1.165) is 23.9 Å². The molecule has 0 aliphatic rings. The molecule has 29 heavy (non-hydrogen) atoms. The highest BCUT2D eigenvalue weighted by Crippen LogP contribution is 3.03. The minimum atomic E-state index is -9.87. The van der Waals surface area contributed by atoms with Gasteiger partial charge in [-0.05, 0) is 48.8 Å². The van der Waals surface area contributed by atoms with E-state index in [2.05, 4.69) is 4.99 Å². The van der Waals surface area contributed by atoms with Crippen molar-refractivity contribution < 1.29 is 23.9 Å². The number of para-hydroxylation sites is 2. The van der Waals surface area contributed by atoms with Crippen LogP contribution in [-0.2, 0) is 5.41 Å². The summed E-state index contributed by atoms with van der Waals surface area (Å²) >= 11 is 0. The van der Waals surface area contributed by atoms with Gasteiger partial charge in [0.1, 0.15) is 10.6 Å². The minimum absolute atomic E-state index is 0.291. The Morgan fingerprint density at radius 1 is 0.897 bits per heavy atom. The molecule has 0 atom stereocenters. The van der Waals surface area contributed by atoms with Crippen LogP contribution in [0, 0.1) is 0 Å². The molecular formula is C20H26F5NOSSi. The van der Waals surface area contributed by atoms with Crippen LogP contribution in [0.2, 0.25) is 19.6 Å². The Morgan fingerprint density at radius 3 is 2.00 bits per heavy atom. The van der Waals surface area contributed by atoms with E-state index in [4.69, 9.17) is 4.43 Å². The molecule has 0 radical (unpaired) electrons. The largest absolute Gasteiger partial charge is 0.544 e. The summed E-state index contributed by atoms with van der Waals surface area (Å²) in [6.07, 6.45) is 1.16. The molecule has 2 aromatic rings. The molecule has 0 spiro atoms. The second-order valence-corrected chi connectivity index (χ2v) is 15.7. The molecule has 0 saturated carbocycles. The maximum Gasteiger partial charge on any atom is 0.312 e. The first-order valence-corrected chi connectivity index (χ1v) is 14.3. The van der Waals surface area contributed by atoms with Crippen LogP contribution in [0.1, 0.15) is 31.9 Å². The summed E-state index contributed by atoms with van der Waals surface area (Å²) in [7, 11) is -11.9. The van der Waals surface area contributed by atoms with Crippen LogP contribution in [0.25, 0.3) is 0 Å². The highest BCUT2D eigenvalue weighted by Gasteiger charge is 2.66. The second kappa shape index (κ2) is 6.56. The molecule has 0 bridgehead atoms. The van der Waals surface area contributed by atoms with Gasteiger partial charge in [-0.25, -0.2) is 0 Å². The van der Waals surface area contributed by atoms with Gasteiger partial charge < -0.3 is 4.43 Å². The fourth-order valence-electron chi connectivity index (χ4n) is 2.70. The van der Waals surface area contributed by atoms with Gasteiger partial charge in [0.15, 0.2) is 0 Å². The molecule has 2 aromatic carbocycles. The van der Waals surface area contributed by atoms with Gasteiger partial charge in [0.2, 0.25) is 8.32 Å². The Balaban J connectivity index is 2.64. The summed E-state index contributed by atoms with van der Waals surface area (Å²) in [5.41, 5.74) is 0.189. The lowest BCUT2D eigenvalue weighted by Crippen LogP contribution is -2.31. The van der Waals surface area contributed by atoms with Gasteiger partial charge in [-0.2, -0.15) is 0 Å². The van der Waals surface area contributed by atoms with Gasteiger partial charge in [0, 0.05) is 11.8 Å². The molecule has 0 heterocycles. The quantitative estimate of drug-likeness (QED) is 0.253. The normalized spacial score (nSPS) is 15.8. The number of hydrogen-bond acceptors (Lipinski definition) is 2. The summed E-state index contributed by atoms with van der Waals surface area (Å²) in [6.45, 7) is 11.9. The number of halogens is 5. The van der Waals surface area contributed by atoms with Crippen molar-refractivity contribution in [3.8, 4) is 5.75 Å². The number of benzene rings is 2. The average Bonchev–Trinajstić information content (AvgIpc) is 2.49. The molecule has 9 heteroatoms. The third-order valence-corrected chi connectivity index (χ3v) is 5.88. The Bertz CT molecular complexity index is 945. The van der Waals surface area contributed by atoms with E-state index >= 15 is 0 Å². The van der Waals surface area contributed by atoms with Gasteiger partial charge in [-0.3, -0.25) is 4.99 Å². The predicted molar refractivity (Wildman–Crippen MR) is 114 cm³/mol. The van der Waals surface area contributed by atoms with E-state index < -0.39 is 29.1 Å². The molecule has 2 rings (SSSR count). The average molecular weight is 452 g/mol. The van der Waals surface area contributed by atoms with Crippen LogP contribution >= 0.6 is 10.2 Å². The summed E-state index contributed by atoms with van der Waals surface area (Å²) < 4.78 is 73.0. The molecule has 2 nitrogen and oxygen atoms in total. The van der Waals surface area contributed by atoms with Gasteiger partial charge in [-0.1, -0.05) is 64.5 Å². The highest BCUT2D eigenvalue weighted by atomic mass is 32.5. The van der Waals surface area contributed by atoms with Crippen molar-refractivity contribution in [3.63, 3.8) is 0 Å². The first-order chi connectivity index (χ1) is 12.8. The fraction of sp³-hybridized carbons (Fsp3) is 0.350. The Labute approximate surface area is 169 Å². The van der Waals surface area contributed by atoms with Crippen LogP contribution in [0.3, 0.4) is 0 Å². The molecule has 0 fully saturated rings. The first-order valence-electron chi connectivity index (χ1n) is 8.98. The predicted octanol–water partition coefficient (Wildman–Crippen LogP) is 8.61. The monoisotopic (exact) mass is 451 g/mol. The minimum Gasteiger partial charge on any atom is -0.544 e. The summed E-state index contributed by atoms with van der Waals surface area (Å²) in [6, 6.07) is 8.73. The third-order valence-electron chi connectivity index (χ3n) is 3.89. The van der Waals surface area contributed by atoms with E-state index in [1.165, 1.54) is 6.07 Å². The molecule has 0 aliphatic heterocycles. The van der Waals surface area contributed by atoms with Gasteiger partial charge >= 0.3 is 10.2 Å². The zero-order valence-corrected chi connectivity index (χ0v) is 19.1. The van der Waals surface area contributed by atoms with Crippen molar-refractivity contribution in [2.45, 2.75) is 50.7 Å².